The molecule has 0 aliphatic heterocycles. The summed E-state index contributed by atoms with van der Waals surface area (Å²) >= 11 is 3.46. The molecule has 0 spiro atoms. The molecule has 6 heteroatoms. The van der Waals surface area contributed by atoms with Crippen LogP contribution in [0.5, 0.6) is 0 Å². The van der Waals surface area contributed by atoms with Crippen LogP contribution < -0.4 is 5.32 Å². The summed E-state index contributed by atoms with van der Waals surface area (Å²) in [6, 6.07) is 21.5. The minimum atomic E-state index is -0.344. The Morgan fingerprint density at radius 1 is 0.933 bits per heavy atom. The number of rotatable bonds is 4. The smallest absolute Gasteiger partial charge is 0.295 e. The minimum absolute atomic E-state index is 0.118. The Kier molecular flexibility index (Phi) is 5.50. The molecule has 0 unspecified atom stereocenters. The number of aryl methyl sites for hydroxylation is 3. The van der Waals surface area contributed by atoms with Crippen LogP contribution in [0.1, 0.15) is 27.3 Å². The number of aromatic nitrogens is 3. The average Bonchev–Trinajstić information content (AvgIpc) is 3.17. The van der Waals surface area contributed by atoms with Gasteiger partial charge in [0.1, 0.15) is 0 Å². The third kappa shape index (κ3) is 4.19. The number of nitrogens with zero attached hydrogens (tertiary/aromatic N) is 3. The molecule has 3 aromatic carbocycles. The number of halogens is 1. The summed E-state index contributed by atoms with van der Waals surface area (Å²) in [5, 5.41) is 7.44. The van der Waals surface area contributed by atoms with E-state index in [0.29, 0.717) is 5.82 Å². The van der Waals surface area contributed by atoms with Crippen molar-refractivity contribution < 1.29 is 4.79 Å². The number of amides is 1. The van der Waals surface area contributed by atoms with Gasteiger partial charge in [0.15, 0.2) is 5.82 Å². The highest BCUT2D eigenvalue weighted by Gasteiger charge is 2.19. The van der Waals surface area contributed by atoms with Gasteiger partial charge in [-0.3, -0.25) is 4.79 Å². The number of anilines is 1. The molecule has 1 aromatic heterocycles. The van der Waals surface area contributed by atoms with Gasteiger partial charge in [-0.25, -0.2) is 9.67 Å². The molecule has 150 valence electrons. The van der Waals surface area contributed by atoms with Crippen molar-refractivity contribution in [2.24, 2.45) is 0 Å². The van der Waals surface area contributed by atoms with E-state index in [1.54, 1.807) is 4.68 Å². The van der Waals surface area contributed by atoms with Crippen LogP contribution in [-0.4, -0.2) is 20.7 Å². The number of carbonyl (C=O) groups excluding carboxylic acids is 1. The second kappa shape index (κ2) is 8.24. The van der Waals surface area contributed by atoms with Gasteiger partial charge < -0.3 is 5.32 Å². The van der Waals surface area contributed by atoms with E-state index in [1.165, 1.54) is 5.56 Å². The SMILES string of the molecule is Cc1cccc(-c2nc(C(=O)Nc3ccc(C)c(C)c3)nn2-c2ccc(Br)cc2)c1. The van der Waals surface area contributed by atoms with E-state index < -0.39 is 0 Å². The van der Waals surface area contributed by atoms with E-state index in [2.05, 4.69) is 31.3 Å². The zero-order chi connectivity index (χ0) is 21.3. The van der Waals surface area contributed by atoms with Crippen molar-refractivity contribution in [2.45, 2.75) is 20.8 Å². The van der Waals surface area contributed by atoms with Crippen molar-refractivity contribution in [3.63, 3.8) is 0 Å². The summed E-state index contributed by atoms with van der Waals surface area (Å²) < 4.78 is 2.67. The van der Waals surface area contributed by atoms with E-state index in [1.807, 2.05) is 87.5 Å². The van der Waals surface area contributed by atoms with Gasteiger partial charge >= 0.3 is 0 Å². The Hall–Kier alpha value is -3.25. The zero-order valence-corrected chi connectivity index (χ0v) is 18.6. The molecule has 0 aliphatic carbocycles. The van der Waals surface area contributed by atoms with Crippen LogP contribution >= 0.6 is 15.9 Å². The van der Waals surface area contributed by atoms with Gasteiger partial charge in [-0.15, -0.1) is 5.10 Å². The van der Waals surface area contributed by atoms with Crippen molar-refractivity contribution in [2.75, 3.05) is 5.32 Å². The molecule has 5 nitrogen and oxygen atoms in total. The molecule has 4 rings (SSSR count). The summed E-state index contributed by atoms with van der Waals surface area (Å²) in [6.45, 7) is 6.08. The molecule has 1 amide bonds. The van der Waals surface area contributed by atoms with Gasteiger partial charge in [0.2, 0.25) is 5.82 Å². The molecular formula is C24H21BrN4O. The first-order chi connectivity index (χ1) is 14.4. The number of carbonyl (C=O) groups is 1. The van der Waals surface area contributed by atoms with Crippen LogP contribution in [0.3, 0.4) is 0 Å². The predicted molar refractivity (Wildman–Crippen MR) is 123 cm³/mol. The van der Waals surface area contributed by atoms with Crippen molar-refractivity contribution >= 4 is 27.5 Å². The molecule has 1 heterocycles. The number of nitrogens with one attached hydrogen (secondary N) is 1. The summed E-state index contributed by atoms with van der Waals surface area (Å²) in [6.07, 6.45) is 0. The maximum absolute atomic E-state index is 12.9. The Morgan fingerprint density at radius 3 is 2.40 bits per heavy atom. The van der Waals surface area contributed by atoms with E-state index in [4.69, 9.17) is 0 Å². The molecule has 0 atom stereocenters. The molecule has 0 radical (unpaired) electrons. The van der Waals surface area contributed by atoms with Crippen LogP contribution in [0.2, 0.25) is 0 Å². The Balaban J connectivity index is 1.75. The summed E-state index contributed by atoms with van der Waals surface area (Å²) in [7, 11) is 0. The van der Waals surface area contributed by atoms with Crippen LogP contribution in [0.25, 0.3) is 17.1 Å². The molecular weight excluding hydrogens is 440 g/mol. The monoisotopic (exact) mass is 460 g/mol. The first kappa shape index (κ1) is 20.0. The van der Waals surface area contributed by atoms with Crippen LogP contribution in [-0.2, 0) is 0 Å². The number of hydrogen-bond acceptors (Lipinski definition) is 3. The molecule has 30 heavy (non-hydrogen) atoms. The first-order valence-electron chi connectivity index (χ1n) is 9.59. The lowest BCUT2D eigenvalue weighted by molar-refractivity contribution is 0.101. The lowest BCUT2D eigenvalue weighted by atomic mass is 10.1. The van der Waals surface area contributed by atoms with Crippen molar-refractivity contribution in [3.8, 4) is 17.1 Å². The van der Waals surface area contributed by atoms with Gasteiger partial charge in [-0.1, -0.05) is 45.8 Å². The Labute approximate surface area is 183 Å². The molecule has 1 N–H and O–H groups in total. The fourth-order valence-corrected chi connectivity index (χ4v) is 3.41. The summed E-state index contributed by atoms with van der Waals surface area (Å²) in [5.74, 6) is 0.391. The second-order valence-electron chi connectivity index (χ2n) is 7.27. The maximum atomic E-state index is 12.9. The van der Waals surface area contributed by atoms with Crippen LogP contribution in [0.4, 0.5) is 5.69 Å². The summed E-state index contributed by atoms with van der Waals surface area (Å²) in [4.78, 5) is 17.5. The quantitative estimate of drug-likeness (QED) is 0.413. The lowest BCUT2D eigenvalue weighted by Crippen LogP contribution is -2.14. The third-order valence-electron chi connectivity index (χ3n) is 4.92. The van der Waals surface area contributed by atoms with Gasteiger partial charge in [0.25, 0.3) is 5.91 Å². The highest BCUT2D eigenvalue weighted by molar-refractivity contribution is 9.10. The molecule has 0 bridgehead atoms. The van der Waals surface area contributed by atoms with Gasteiger partial charge in [-0.2, -0.15) is 0 Å². The average molecular weight is 461 g/mol. The number of benzene rings is 3. The van der Waals surface area contributed by atoms with E-state index in [9.17, 15) is 4.79 Å². The fourth-order valence-electron chi connectivity index (χ4n) is 3.15. The van der Waals surface area contributed by atoms with Gasteiger partial charge in [-0.05, 0) is 74.4 Å². The molecule has 0 fully saturated rings. The molecule has 0 aliphatic rings. The zero-order valence-electron chi connectivity index (χ0n) is 17.0. The van der Waals surface area contributed by atoms with Crippen molar-refractivity contribution in [1.29, 1.82) is 0 Å². The van der Waals surface area contributed by atoms with Gasteiger partial charge in [0.05, 0.1) is 5.69 Å². The lowest BCUT2D eigenvalue weighted by Gasteiger charge is -2.06. The maximum Gasteiger partial charge on any atom is 0.295 e. The Bertz CT molecular complexity index is 1230. The highest BCUT2D eigenvalue weighted by atomic mass is 79.9. The van der Waals surface area contributed by atoms with E-state index in [0.717, 1.165) is 32.5 Å². The Morgan fingerprint density at radius 2 is 1.70 bits per heavy atom. The largest absolute Gasteiger partial charge is 0.319 e. The highest BCUT2D eigenvalue weighted by Crippen LogP contribution is 2.24. The predicted octanol–water partition coefficient (Wildman–Crippen LogP) is 5.87. The van der Waals surface area contributed by atoms with Gasteiger partial charge in [0, 0.05) is 15.7 Å². The summed E-state index contributed by atoms with van der Waals surface area (Å²) in [5.41, 5.74) is 5.84. The second-order valence-corrected chi connectivity index (χ2v) is 8.19. The van der Waals surface area contributed by atoms with Crippen LogP contribution in [0.15, 0.2) is 71.2 Å². The molecule has 0 saturated carbocycles. The molecule has 4 aromatic rings. The fraction of sp³-hybridized carbons (Fsp3) is 0.125. The molecule has 0 saturated heterocycles. The van der Waals surface area contributed by atoms with E-state index in [-0.39, 0.29) is 11.7 Å². The minimum Gasteiger partial charge on any atom is -0.319 e. The van der Waals surface area contributed by atoms with Crippen LogP contribution in [0, 0.1) is 20.8 Å². The van der Waals surface area contributed by atoms with Crippen molar-refractivity contribution in [3.05, 3.63) is 93.7 Å². The normalized spacial score (nSPS) is 10.8. The standard InChI is InChI=1S/C24H21BrN4O/c1-15-5-4-6-18(13-15)23-27-22(28-29(23)21-11-8-19(25)9-12-21)24(30)26-20-10-7-16(2)17(3)14-20/h4-14H,1-3H3,(H,26,30). The third-order valence-corrected chi connectivity index (χ3v) is 5.45. The topological polar surface area (TPSA) is 59.8 Å². The van der Waals surface area contributed by atoms with E-state index >= 15 is 0 Å². The first-order valence-corrected chi connectivity index (χ1v) is 10.4. The number of hydrogen-bond donors (Lipinski definition) is 1. The van der Waals surface area contributed by atoms with Crippen molar-refractivity contribution in [1.82, 2.24) is 14.8 Å².